The van der Waals surface area contributed by atoms with Gasteiger partial charge in [0.15, 0.2) is 17.9 Å². The summed E-state index contributed by atoms with van der Waals surface area (Å²) in [7, 11) is 0. The highest BCUT2D eigenvalue weighted by molar-refractivity contribution is 5.66. The van der Waals surface area contributed by atoms with Gasteiger partial charge in [0.25, 0.3) is 0 Å². The van der Waals surface area contributed by atoms with E-state index in [1.807, 2.05) is 0 Å². The molecule has 3 nitrogen and oxygen atoms in total. The average molecular weight is 613 g/mol. The van der Waals surface area contributed by atoms with E-state index in [1.165, 1.54) is 51.4 Å². The third-order valence-corrected chi connectivity index (χ3v) is 9.83. The van der Waals surface area contributed by atoms with Crippen molar-refractivity contribution < 1.29 is 40.6 Å². The lowest BCUT2D eigenvalue weighted by Gasteiger charge is -2.41. The second-order valence-electron chi connectivity index (χ2n) is 12.7. The lowest BCUT2D eigenvalue weighted by atomic mass is 9.74. The van der Waals surface area contributed by atoms with E-state index in [1.54, 1.807) is 0 Å². The molecule has 0 spiro atoms. The Hall–Kier alpha value is -2.26. The first kappa shape index (κ1) is 32.1. The van der Waals surface area contributed by atoms with E-state index in [9.17, 15) is 17.6 Å². The van der Waals surface area contributed by atoms with E-state index in [2.05, 4.69) is 6.92 Å². The van der Waals surface area contributed by atoms with Crippen LogP contribution >= 0.6 is 0 Å². The highest BCUT2D eigenvalue weighted by Gasteiger charge is 2.46. The second-order valence-corrected chi connectivity index (χ2v) is 12.7. The molecule has 1 heterocycles. The van der Waals surface area contributed by atoms with Crippen LogP contribution in [0.4, 0.5) is 26.3 Å². The molecule has 0 amide bonds. The molecule has 2 saturated carbocycles. The number of rotatable bonds is 10. The molecular formula is C34H42F6O3. The molecule has 1 saturated heterocycles. The largest absolute Gasteiger partial charge is 0.432 e. The van der Waals surface area contributed by atoms with Gasteiger partial charge in [0.05, 0.1) is 24.7 Å². The average Bonchev–Trinajstić information content (AvgIpc) is 2.99. The van der Waals surface area contributed by atoms with Crippen LogP contribution in [-0.2, 0) is 9.47 Å². The summed E-state index contributed by atoms with van der Waals surface area (Å²) in [5, 5.41) is 0. The Kier molecular flexibility index (Phi) is 10.6. The van der Waals surface area contributed by atoms with Crippen molar-refractivity contribution in [3.05, 3.63) is 53.6 Å². The highest BCUT2D eigenvalue weighted by Crippen LogP contribution is 2.44. The summed E-state index contributed by atoms with van der Waals surface area (Å²) in [6.45, 7) is 3.53. The first-order valence-corrected chi connectivity index (χ1v) is 15.9. The van der Waals surface area contributed by atoms with Gasteiger partial charge in [0.1, 0.15) is 17.4 Å². The fourth-order valence-corrected chi connectivity index (χ4v) is 7.21. The first-order valence-electron chi connectivity index (χ1n) is 15.9. The Balaban J connectivity index is 1.08. The van der Waals surface area contributed by atoms with Crippen LogP contribution in [0.3, 0.4) is 0 Å². The molecule has 0 atom stereocenters. The minimum absolute atomic E-state index is 0.00702. The fourth-order valence-electron chi connectivity index (χ4n) is 7.21. The molecule has 0 radical (unpaired) electrons. The van der Waals surface area contributed by atoms with Crippen LogP contribution in [0.5, 0.6) is 5.75 Å². The standard InChI is InChI=1S/C34H42F6O3/c1-2-3-4-5-21-6-8-22(9-7-21)25-19-41-33(42-20-25)23-10-13-26(14-11-23)34(39,40)43-27-17-30(37)32(31(38)18-27)24-12-15-28(35)29(36)16-24/h12,15-18,21-23,25-26,33H,2-11,13-14,19-20H2,1H3. The van der Waals surface area contributed by atoms with E-state index >= 15 is 8.78 Å². The van der Waals surface area contributed by atoms with Gasteiger partial charge in [-0.3, -0.25) is 0 Å². The highest BCUT2D eigenvalue weighted by atomic mass is 19.3. The molecule has 0 aromatic heterocycles. The van der Waals surface area contributed by atoms with Crippen molar-refractivity contribution in [2.75, 3.05) is 13.2 Å². The van der Waals surface area contributed by atoms with Crippen LogP contribution in [0.15, 0.2) is 30.3 Å². The van der Waals surface area contributed by atoms with E-state index in [-0.39, 0.29) is 24.3 Å². The van der Waals surface area contributed by atoms with E-state index in [0.29, 0.717) is 56.1 Å². The molecule has 43 heavy (non-hydrogen) atoms. The van der Waals surface area contributed by atoms with Crippen LogP contribution in [0.2, 0.25) is 0 Å². The van der Waals surface area contributed by atoms with Crippen molar-refractivity contribution in [1.29, 1.82) is 0 Å². The van der Waals surface area contributed by atoms with Crippen molar-refractivity contribution in [2.45, 2.75) is 96.4 Å². The van der Waals surface area contributed by atoms with Crippen molar-refractivity contribution in [3.8, 4) is 16.9 Å². The van der Waals surface area contributed by atoms with Crippen LogP contribution in [0.1, 0.15) is 84.0 Å². The van der Waals surface area contributed by atoms with Crippen LogP contribution < -0.4 is 4.74 Å². The predicted molar refractivity (Wildman–Crippen MR) is 152 cm³/mol. The SMILES string of the molecule is CCCCCC1CCC(C2COC(C3CCC(C(F)(F)Oc4cc(F)c(-c5ccc(F)c(F)c5)c(F)c4)CC3)OC2)CC1. The van der Waals surface area contributed by atoms with E-state index < -0.39 is 52.9 Å². The zero-order valence-corrected chi connectivity index (χ0v) is 24.7. The van der Waals surface area contributed by atoms with Gasteiger partial charge >= 0.3 is 6.11 Å². The second kappa shape index (κ2) is 14.2. The van der Waals surface area contributed by atoms with Gasteiger partial charge in [-0.2, -0.15) is 8.78 Å². The van der Waals surface area contributed by atoms with Gasteiger partial charge in [0, 0.05) is 24.0 Å². The van der Waals surface area contributed by atoms with Crippen molar-refractivity contribution in [3.63, 3.8) is 0 Å². The smallest absolute Gasteiger partial charge is 0.400 e. The summed E-state index contributed by atoms with van der Waals surface area (Å²) in [5.41, 5.74) is -0.908. The van der Waals surface area contributed by atoms with E-state index in [4.69, 9.17) is 14.2 Å². The number of ether oxygens (including phenoxy) is 3. The Bertz CT molecular complexity index is 1180. The molecule has 9 heteroatoms. The quantitative estimate of drug-likeness (QED) is 0.197. The van der Waals surface area contributed by atoms with Gasteiger partial charge in [-0.1, -0.05) is 51.5 Å². The Morgan fingerprint density at radius 1 is 0.721 bits per heavy atom. The number of hydrogen-bond acceptors (Lipinski definition) is 3. The molecule has 0 N–H and O–H groups in total. The minimum atomic E-state index is -3.65. The third-order valence-electron chi connectivity index (χ3n) is 9.83. The van der Waals surface area contributed by atoms with Crippen molar-refractivity contribution in [1.82, 2.24) is 0 Å². The van der Waals surface area contributed by atoms with Gasteiger partial charge in [-0.25, -0.2) is 17.6 Å². The molecule has 3 aliphatic rings. The molecule has 238 valence electrons. The van der Waals surface area contributed by atoms with Crippen molar-refractivity contribution in [2.24, 2.45) is 29.6 Å². The molecule has 3 fully saturated rings. The molecule has 2 aromatic rings. The van der Waals surface area contributed by atoms with Gasteiger partial charge in [-0.05, 0) is 68.1 Å². The minimum Gasteiger partial charge on any atom is -0.432 e. The molecular weight excluding hydrogens is 570 g/mol. The molecule has 5 rings (SSSR count). The summed E-state index contributed by atoms with van der Waals surface area (Å²) < 4.78 is 103. The Morgan fingerprint density at radius 2 is 1.35 bits per heavy atom. The monoisotopic (exact) mass is 612 g/mol. The normalized spacial score (nSPS) is 28.5. The number of benzene rings is 2. The van der Waals surface area contributed by atoms with Gasteiger partial charge in [0.2, 0.25) is 0 Å². The number of hydrogen-bond donors (Lipinski definition) is 0. The number of unbranched alkanes of at least 4 members (excludes halogenated alkanes) is 2. The summed E-state index contributed by atoms with van der Waals surface area (Å²) in [6, 6.07) is 3.66. The summed E-state index contributed by atoms with van der Waals surface area (Å²) in [5.74, 6) is -4.83. The summed E-state index contributed by atoms with van der Waals surface area (Å²) >= 11 is 0. The maximum atomic E-state index is 15.1. The van der Waals surface area contributed by atoms with Gasteiger partial charge < -0.3 is 14.2 Å². The fraction of sp³-hybridized carbons (Fsp3) is 0.647. The Morgan fingerprint density at radius 3 is 1.95 bits per heavy atom. The molecule has 2 aliphatic carbocycles. The first-order chi connectivity index (χ1) is 20.6. The lowest BCUT2D eigenvalue weighted by Crippen LogP contribution is -2.43. The Labute approximate surface area is 250 Å². The summed E-state index contributed by atoms with van der Waals surface area (Å²) in [4.78, 5) is 0. The molecule has 0 bridgehead atoms. The zero-order chi connectivity index (χ0) is 30.6. The van der Waals surface area contributed by atoms with Crippen LogP contribution in [-0.4, -0.2) is 25.6 Å². The molecule has 2 aromatic carbocycles. The topological polar surface area (TPSA) is 27.7 Å². The zero-order valence-electron chi connectivity index (χ0n) is 24.7. The van der Waals surface area contributed by atoms with Crippen LogP contribution in [0.25, 0.3) is 11.1 Å². The maximum Gasteiger partial charge on any atom is 0.400 e. The number of halogens is 6. The maximum absolute atomic E-state index is 15.1. The predicted octanol–water partition coefficient (Wildman–Crippen LogP) is 10.1. The third kappa shape index (κ3) is 7.88. The van der Waals surface area contributed by atoms with Crippen LogP contribution in [0, 0.1) is 52.9 Å². The summed E-state index contributed by atoms with van der Waals surface area (Å²) in [6.07, 6.45) is 7.46. The lowest BCUT2D eigenvalue weighted by molar-refractivity contribution is -0.251. The number of alkyl halides is 2. The van der Waals surface area contributed by atoms with Crippen molar-refractivity contribution >= 4 is 0 Å². The molecule has 1 aliphatic heterocycles. The molecule has 0 unspecified atom stereocenters. The van der Waals surface area contributed by atoms with Gasteiger partial charge in [-0.15, -0.1) is 0 Å². The van der Waals surface area contributed by atoms with E-state index in [0.717, 1.165) is 18.1 Å².